The molecule has 22 heavy (non-hydrogen) atoms. The molecule has 3 amide bonds. The molecule has 0 radical (unpaired) electrons. The van der Waals surface area contributed by atoms with Crippen LogP contribution in [0.15, 0.2) is 11.6 Å². The molecule has 7 heteroatoms. The maximum atomic E-state index is 12.8. The van der Waals surface area contributed by atoms with Crippen LogP contribution < -0.4 is 0 Å². The van der Waals surface area contributed by atoms with Gasteiger partial charge in [-0.15, -0.1) is 11.3 Å². The molecule has 0 aromatic carbocycles. The minimum absolute atomic E-state index is 0.0242. The van der Waals surface area contributed by atoms with Crippen LogP contribution in [0.25, 0.3) is 0 Å². The Morgan fingerprint density at radius 1 is 1.32 bits per heavy atom. The first-order valence-electron chi connectivity index (χ1n) is 7.68. The van der Waals surface area contributed by atoms with E-state index in [0.717, 1.165) is 24.6 Å². The zero-order valence-corrected chi connectivity index (χ0v) is 14.1. The highest BCUT2D eigenvalue weighted by molar-refractivity contribution is 7.09. The number of aromatic nitrogens is 1. The van der Waals surface area contributed by atoms with E-state index < -0.39 is 5.54 Å². The Morgan fingerprint density at radius 3 is 2.50 bits per heavy atom. The molecule has 1 aromatic heterocycles. The number of thiazole rings is 1. The van der Waals surface area contributed by atoms with Gasteiger partial charge < -0.3 is 4.90 Å². The van der Waals surface area contributed by atoms with Crippen molar-refractivity contribution < 1.29 is 9.59 Å². The summed E-state index contributed by atoms with van der Waals surface area (Å²) in [7, 11) is 1.76. The number of hydrogen-bond acceptors (Lipinski definition) is 5. The van der Waals surface area contributed by atoms with Crippen LogP contribution in [0.4, 0.5) is 4.79 Å². The molecule has 6 nitrogen and oxygen atoms in total. The van der Waals surface area contributed by atoms with E-state index in [1.165, 1.54) is 4.90 Å². The second-order valence-corrected chi connectivity index (χ2v) is 7.32. The van der Waals surface area contributed by atoms with E-state index in [4.69, 9.17) is 0 Å². The minimum Gasteiger partial charge on any atom is -0.312 e. The minimum atomic E-state index is -0.638. The summed E-state index contributed by atoms with van der Waals surface area (Å²) in [6.45, 7) is 6.23. The molecule has 2 saturated heterocycles. The fourth-order valence-electron chi connectivity index (χ4n) is 3.41. The molecule has 2 aliphatic rings. The summed E-state index contributed by atoms with van der Waals surface area (Å²) in [5.41, 5.74) is -0.638. The zero-order chi connectivity index (χ0) is 15.9. The van der Waals surface area contributed by atoms with Crippen LogP contribution in [-0.2, 0) is 11.3 Å². The Balaban J connectivity index is 1.71. The van der Waals surface area contributed by atoms with Gasteiger partial charge in [0.2, 0.25) is 0 Å². The van der Waals surface area contributed by atoms with Gasteiger partial charge in [-0.05, 0) is 26.7 Å². The highest BCUT2D eigenvalue weighted by Gasteiger charge is 2.56. The molecule has 0 bridgehead atoms. The highest BCUT2D eigenvalue weighted by atomic mass is 32.1. The lowest BCUT2D eigenvalue weighted by molar-refractivity contribution is -0.136. The van der Waals surface area contributed by atoms with Crippen molar-refractivity contribution >= 4 is 23.3 Å². The molecule has 3 heterocycles. The van der Waals surface area contributed by atoms with E-state index in [9.17, 15) is 9.59 Å². The molecule has 1 aromatic rings. The number of carbonyl (C=O) groups is 2. The molecule has 1 spiro atoms. The average Bonchev–Trinajstić information content (AvgIpc) is 3.05. The quantitative estimate of drug-likeness (QED) is 0.796. The van der Waals surface area contributed by atoms with Crippen molar-refractivity contribution in [2.45, 2.75) is 44.8 Å². The van der Waals surface area contributed by atoms with Crippen molar-refractivity contribution in [1.29, 1.82) is 0 Å². The molecule has 2 aliphatic heterocycles. The van der Waals surface area contributed by atoms with Gasteiger partial charge in [0, 0.05) is 37.8 Å². The smallest absolute Gasteiger partial charge is 0.312 e. The topological polar surface area (TPSA) is 56.8 Å². The van der Waals surface area contributed by atoms with E-state index in [1.807, 2.05) is 25.4 Å². The molecule has 0 saturated carbocycles. The number of amides is 3. The van der Waals surface area contributed by atoms with Crippen molar-refractivity contribution in [3.63, 3.8) is 0 Å². The van der Waals surface area contributed by atoms with Gasteiger partial charge in [-0.25, -0.2) is 9.78 Å². The number of piperidine rings is 1. The number of likely N-dealkylation sites (tertiary alicyclic amines) is 1. The number of hydrogen-bond donors (Lipinski definition) is 0. The second-order valence-electron chi connectivity index (χ2n) is 6.34. The van der Waals surface area contributed by atoms with E-state index in [0.29, 0.717) is 12.8 Å². The summed E-state index contributed by atoms with van der Waals surface area (Å²) < 4.78 is 0. The van der Waals surface area contributed by atoms with E-state index in [1.54, 1.807) is 23.3 Å². The molecule has 0 aliphatic carbocycles. The predicted octanol–water partition coefficient (Wildman–Crippen LogP) is 1.78. The Labute approximate surface area is 134 Å². The third kappa shape index (κ3) is 2.32. The van der Waals surface area contributed by atoms with Crippen molar-refractivity contribution in [1.82, 2.24) is 19.7 Å². The number of imide groups is 1. The predicted molar refractivity (Wildman–Crippen MR) is 84.5 cm³/mol. The molecule has 0 unspecified atom stereocenters. The summed E-state index contributed by atoms with van der Waals surface area (Å²) in [5, 5.41) is 3.08. The van der Waals surface area contributed by atoms with Crippen molar-refractivity contribution in [2.75, 3.05) is 20.1 Å². The van der Waals surface area contributed by atoms with Gasteiger partial charge in [0.15, 0.2) is 0 Å². The molecular weight excluding hydrogens is 300 g/mol. The van der Waals surface area contributed by atoms with Crippen molar-refractivity contribution in [2.24, 2.45) is 0 Å². The number of likely N-dealkylation sites (N-methyl/N-ethyl adjacent to an activating group) is 1. The maximum Gasteiger partial charge on any atom is 0.327 e. The van der Waals surface area contributed by atoms with Gasteiger partial charge in [0.25, 0.3) is 5.91 Å². The molecule has 120 valence electrons. The monoisotopic (exact) mass is 322 g/mol. The van der Waals surface area contributed by atoms with Gasteiger partial charge in [0.1, 0.15) is 10.5 Å². The van der Waals surface area contributed by atoms with Crippen LogP contribution in [0, 0.1) is 0 Å². The second kappa shape index (κ2) is 5.62. The van der Waals surface area contributed by atoms with Crippen LogP contribution in [0.1, 0.15) is 31.7 Å². The lowest BCUT2D eigenvalue weighted by Gasteiger charge is -2.40. The summed E-state index contributed by atoms with van der Waals surface area (Å²) >= 11 is 1.65. The Morgan fingerprint density at radius 2 is 2.00 bits per heavy atom. The summed E-state index contributed by atoms with van der Waals surface area (Å²) in [5.74, 6) is -0.0242. The summed E-state index contributed by atoms with van der Waals surface area (Å²) in [6.07, 6.45) is 3.21. The first-order valence-corrected chi connectivity index (χ1v) is 8.56. The maximum absolute atomic E-state index is 12.8. The van der Waals surface area contributed by atoms with Crippen LogP contribution in [0.5, 0.6) is 0 Å². The average molecular weight is 322 g/mol. The molecule has 0 atom stereocenters. The van der Waals surface area contributed by atoms with Crippen LogP contribution >= 0.6 is 11.3 Å². The molecule has 2 fully saturated rings. The highest BCUT2D eigenvalue weighted by Crippen LogP contribution is 2.37. The standard InChI is InChI=1S/C15H22N4O2S/c1-11(2)19-13(20)15(17(3)14(19)21)4-7-18(8-5-15)10-12-16-6-9-22-12/h6,9,11H,4-5,7-8,10H2,1-3H3. The third-order valence-electron chi connectivity index (χ3n) is 4.79. The molecular formula is C15H22N4O2S. The van der Waals surface area contributed by atoms with Gasteiger partial charge >= 0.3 is 6.03 Å². The summed E-state index contributed by atoms with van der Waals surface area (Å²) in [6, 6.07) is -0.247. The fraction of sp³-hybridized carbons (Fsp3) is 0.667. The lowest BCUT2D eigenvalue weighted by atomic mass is 9.86. The molecule has 3 rings (SSSR count). The fourth-order valence-corrected chi connectivity index (χ4v) is 4.06. The lowest BCUT2D eigenvalue weighted by Crippen LogP contribution is -2.55. The van der Waals surface area contributed by atoms with Gasteiger partial charge in [0.05, 0.1) is 6.54 Å². The number of nitrogens with zero attached hydrogens (tertiary/aromatic N) is 4. The number of urea groups is 1. The van der Waals surface area contributed by atoms with Crippen LogP contribution in [-0.4, -0.2) is 63.3 Å². The third-order valence-corrected chi connectivity index (χ3v) is 5.56. The SMILES string of the molecule is CC(C)N1C(=O)N(C)C2(CCN(Cc3nccs3)CC2)C1=O. The number of rotatable bonds is 3. The Hall–Kier alpha value is -1.47. The Bertz CT molecular complexity index is 564. The first-order chi connectivity index (χ1) is 10.5. The van der Waals surface area contributed by atoms with Crippen LogP contribution in [0.3, 0.4) is 0 Å². The molecule has 0 N–H and O–H groups in total. The van der Waals surface area contributed by atoms with E-state index >= 15 is 0 Å². The van der Waals surface area contributed by atoms with E-state index in [-0.39, 0.29) is 18.0 Å². The zero-order valence-electron chi connectivity index (χ0n) is 13.3. The van der Waals surface area contributed by atoms with Gasteiger partial charge in [-0.3, -0.25) is 14.6 Å². The first kappa shape index (κ1) is 15.4. The van der Waals surface area contributed by atoms with Crippen molar-refractivity contribution in [3.8, 4) is 0 Å². The van der Waals surface area contributed by atoms with Crippen LogP contribution in [0.2, 0.25) is 0 Å². The largest absolute Gasteiger partial charge is 0.327 e. The number of carbonyl (C=O) groups excluding carboxylic acids is 2. The summed E-state index contributed by atoms with van der Waals surface area (Å²) in [4.78, 5) is 34.9. The van der Waals surface area contributed by atoms with Crippen molar-refractivity contribution in [3.05, 3.63) is 16.6 Å². The van der Waals surface area contributed by atoms with Gasteiger partial charge in [-0.1, -0.05) is 0 Å². The normalized spacial score (nSPS) is 22.4. The van der Waals surface area contributed by atoms with Gasteiger partial charge in [-0.2, -0.15) is 0 Å². The Kier molecular flexibility index (Phi) is 3.94. The van der Waals surface area contributed by atoms with E-state index in [2.05, 4.69) is 9.88 Å².